The molecule has 0 unspecified atom stereocenters. The first-order valence-electron chi connectivity index (χ1n) is 10.8. The maximum Gasteiger partial charge on any atom is 0.227 e. The third-order valence-electron chi connectivity index (χ3n) is 5.97. The second-order valence-electron chi connectivity index (χ2n) is 8.36. The van der Waals surface area contributed by atoms with Crippen molar-refractivity contribution in [2.75, 3.05) is 27.3 Å². The molecule has 1 aliphatic heterocycles. The summed E-state index contributed by atoms with van der Waals surface area (Å²) in [5.41, 5.74) is 1.51. The van der Waals surface area contributed by atoms with Crippen LogP contribution >= 0.6 is 0 Å². The number of nitrogens with zero attached hydrogens (tertiary/aromatic N) is 1. The summed E-state index contributed by atoms with van der Waals surface area (Å²) in [5, 5.41) is 3.04. The molecule has 0 aromatic heterocycles. The molecule has 1 atom stereocenters. The lowest BCUT2D eigenvalue weighted by atomic mass is 9.80. The van der Waals surface area contributed by atoms with Gasteiger partial charge in [-0.05, 0) is 61.6 Å². The zero-order chi connectivity index (χ0) is 22.3. The van der Waals surface area contributed by atoms with Crippen LogP contribution in [0.5, 0.6) is 11.5 Å². The number of ether oxygens (including phenoxy) is 2. The van der Waals surface area contributed by atoms with Gasteiger partial charge in [-0.25, -0.2) is 0 Å². The van der Waals surface area contributed by atoms with Gasteiger partial charge in [0.2, 0.25) is 11.8 Å². The number of methoxy groups -OCH3 is 2. The van der Waals surface area contributed by atoms with Crippen LogP contribution in [0.2, 0.25) is 0 Å². The highest BCUT2D eigenvalue weighted by molar-refractivity contribution is 5.84. The predicted octanol–water partition coefficient (Wildman–Crippen LogP) is 3.58. The van der Waals surface area contributed by atoms with Crippen molar-refractivity contribution in [3.8, 4) is 11.5 Å². The minimum atomic E-state index is -0.576. The molecule has 31 heavy (non-hydrogen) atoms. The number of carbonyl (C=O) groups excluding carboxylic acids is 2. The van der Waals surface area contributed by atoms with Gasteiger partial charge in [0.15, 0.2) is 0 Å². The zero-order valence-electron chi connectivity index (χ0n) is 18.6. The molecule has 0 radical (unpaired) electrons. The molecule has 1 aliphatic rings. The van der Waals surface area contributed by atoms with Crippen LogP contribution in [-0.2, 0) is 22.6 Å². The van der Waals surface area contributed by atoms with Gasteiger partial charge in [0.1, 0.15) is 11.5 Å². The van der Waals surface area contributed by atoms with Gasteiger partial charge in [0, 0.05) is 26.1 Å². The molecule has 6 heteroatoms. The van der Waals surface area contributed by atoms with E-state index in [2.05, 4.69) is 5.32 Å². The molecule has 1 heterocycles. The topological polar surface area (TPSA) is 67.9 Å². The van der Waals surface area contributed by atoms with E-state index in [1.165, 1.54) is 0 Å². The van der Waals surface area contributed by atoms with Gasteiger partial charge in [-0.15, -0.1) is 0 Å². The number of aryl methyl sites for hydroxylation is 1. The van der Waals surface area contributed by atoms with E-state index in [4.69, 9.17) is 9.47 Å². The van der Waals surface area contributed by atoms with Gasteiger partial charge >= 0.3 is 0 Å². The average Bonchev–Trinajstić information content (AvgIpc) is 2.81. The van der Waals surface area contributed by atoms with Gasteiger partial charge in [-0.3, -0.25) is 9.59 Å². The number of rotatable bonds is 8. The molecule has 2 amide bonds. The fourth-order valence-corrected chi connectivity index (χ4v) is 4.02. The molecule has 0 aliphatic carbocycles. The Hall–Kier alpha value is -3.02. The molecule has 1 saturated heterocycles. The van der Waals surface area contributed by atoms with Gasteiger partial charge < -0.3 is 19.7 Å². The Bertz CT molecular complexity index is 897. The second kappa shape index (κ2) is 10.3. The summed E-state index contributed by atoms with van der Waals surface area (Å²) in [6, 6.07) is 15.4. The predicted molar refractivity (Wildman–Crippen MR) is 120 cm³/mol. The van der Waals surface area contributed by atoms with Crippen molar-refractivity contribution in [3.63, 3.8) is 0 Å². The third-order valence-corrected chi connectivity index (χ3v) is 5.97. The maximum atomic E-state index is 13.0. The highest BCUT2D eigenvalue weighted by Gasteiger charge is 2.39. The van der Waals surface area contributed by atoms with Crippen LogP contribution in [0.15, 0.2) is 48.5 Å². The van der Waals surface area contributed by atoms with Crippen molar-refractivity contribution in [1.82, 2.24) is 10.2 Å². The highest BCUT2D eigenvalue weighted by atomic mass is 16.5. The van der Waals surface area contributed by atoms with E-state index in [0.29, 0.717) is 32.5 Å². The Morgan fingerprint density at radius 2 is 1.77 bits per heavy atom. The van der Waals surface area contributed by atoms with E-state index in [0.717, 1.165) is 35.5 Å². The number of hydrogen-bond acceptors (Lipinski definition) is 4. The summed E-state index contributed by atoms with van der Waals surface area (Å²) in [7, 11) is 3.26. The molecule has 0 saturated carbocycles. The Labute approximate surface area is 184 Å². The minimum absolute atomic E-state index is 0.0111. The minimum Gasteiger partial charge on any atom is -0.497 e. The summed E-state index contributed by atoms with van der Waals surface area (Å²) in [6.07, 6.45) is 2.72. The van der Waals surface area contributed by atoms with E-state index in [9.17, 15) is 9.59 Å². The van der Waals surface area contributed by atoms with Crippen molar-refractivity contribution >= 4 is 11.8 Å². The molecule has 166 valence electrons. The Morgan fingerprint density at radius 3 is 2.48 bits per heavy atom. The summed E-state index contributed by atoms with van der Waals surface area (Å²) >= 11 is 0. The summed E-state index contributed by atoms with van der Waals surface area (Å²) < 4.78 is 10.4. The molecular weight excluding hydrogens is 392 g/mol. The maximum absolute atomic E-state index is 13.0. The van der Waals surface area contributed by atoms with Crippen LogP contribution in [0.1, 0.15) is 37.3 Å². The lowest BCUT2D eigenvalue weighted by Gasteiger charge is -2.39. The van der Waals surface area contributed by atoms with Gasteiger partial charge in [0.25, 0.3) is 0 Å². The fraction of sp³-hybridized carbons (Fsp3) is 0.440. The van der Waals surface area contributed by atoms with Crippen molar-refractivity contribution in [3.05, 3.63) is 59.7 Å². The summed E-state index contributed by atoms with van der Waals surface area (Å²) in [5.74, 6) is 1.66. The van der Waals surface area contributed by atoms with Gasteiger partial charge in [-0.2, -0.15) is 0 Å². The first kappa shape index (κ1) is 22.7. The molecule has 1 N–H and O–H groups in total. The van der Waals surface area contributed by atoms with Crippen LogP contribution < -0.4 is 14.8 Å². The van der Waals surface area contributed by atoms with E-state index in [-0.39, 0.29) is 11.8 Å². The SMILES string of the molecule is COc1ccc(CCC(=O)N2CCC[C@](C)(C(=O)NCc3cccc(OC)c3)C2)cc1. The molecule has 0 spiro atoms. The Morgan fingerprint density at radius 1 is 1.03 bits per heavy atom. The smallest absolute Gasteiger partial charge is 0.227 e. The lowest BCUT2D eigenvalue weighted by Crippen LogP contribution is -2.51. The lowest BCUT2D eigenvalue weighted by molar-refractivity contribution is -0.140. The van der Waals surface area contributed by atoms with Crippen molar-refractivity contribution < 1.29 is 19.1 Å². The largest absolute Gasteiger partial charge is 0.497 e. The first-order chi connectivity index (χ1) is 14.9. The first-order valence-corrected chi connectivity index (χ1v) is 10.8. The molecule has 2 aromatic carbocycles. The molecule has 1 fully saturated rings. The Kier molecular flexibility index (Phi) is 7.55. The highest BCUT2D eigenvalue weighted by Crippen LogP contribution is 2.30. The van der Waals surface area contributed by atoms with Crippen molar-refractivity contribution in [1.29, 1.82) is 0 Å². The average molecular weight is 425 g/mol. The molecule has 6 nitrogen and oxygen atoms in total. The van der Waals surface area contributed by atoms with Crippen LogP contribution in [0.25, 0.3) is 0 Å². The number of nitrogens with one attached hydrogen (secondary N) is 1. The number of carbonyl (C=O) groups is 2. The van der Waals surface area contributed by atoms with E-state index < -0.39 is 5.41 Å². The fourth-order valence-electron chi connectivity index (χ4n) is 4.02. The van der Waals surface area contributed by atoms with Crippen molar-refractivity contribution in [2.24, 2.45) is 5.41 Å². The summed E-state index contributed by atoms with van der Waals surface area (Å²) in [6.45, 7) is 3.56. The Balaban J connectivity index is 1.53. The van der Waals surface area contributed by atoms with E-state index in [1.54, 1.807) is 14.2 Å². The molecule has 2 aromatic rings. The number of likely N-dealkylation sites (tertiary alicyclic amines) is 1. The van der Waals surface area contributed by atoms with Crippen LogP contribution in [0.3, 0.4) is 0 Å². The van der Waals surface area contributed by atoms with Crippen LogP contribution in [0.4, 0.5) is 0 Å². The third kappa shape index (κ3) is 6.00. The van der Waals surface area contributed by atoms with Crippen LogP contribution in [-0.4, -0.2) is 44.0 Å². The van der Waals surface area contributed by atoms with E-state index >= 15 is 0 Å². The standard InChI is InChI=1S/C25H32N2O4/c1-25(24(29)26-17-20-6-4-7-22(16-20)31-3)14-5-15-27(18-25)23(28)13-10-19-8-11-21(30-2)12-9-19/h4,6-9,11-12,16H,5,10,13-15,17-18H2,1-3H3,(H,26,29)/t25-/m0/s1. The molecule has 0 bridgehead atoms. The van der Waals surface area contributed by atoms with Crippen molar-refractivity contribution in [2.45, 2.75) is 39.2 Å². The number of hydrogen-bond donors (Lipinski definition) is 1. The molecule has 3 rings (SSSR count). The van der Waals surface area contributed by atoms with Gasteiger partial charge in [0.05, 0.1) is 19.6 Å². The number of benzene rings is 2. The van der Waals surface area contributed by atoms with Crippen LogP contribution in [0, 0.1) is 5.41 Å². The normalized spacial score (nSPS) is 18.4. The molecular formula is C25H32N2O4. The number of piperidine rings is 1. The zero-order valence-corrected chi connectivity index (χ0v) is 18.6. The second-order valence-corrected chi connectivity index (χ2v) is 8.36. The number of amides is 2. The summed E-state index contributed by atoms with van der Waals surface area (Å²) in [4.78, 5) is 27.6. The monoisotopic (exact) mass is 424 g/mol. The van der Waals surface area contributed by atoms with Gasteiger partial charge in [-0.1, -0.05) is 24.3 Å². The quantitative estimate of drug-likeness (QED) is 0.703. The van der Waals surface area contributed by atoms with E-state index in [1.807, 2.05) is 60.4 Å².